The third-order valence-electron chi connectivity index (χ3n) is 2.15. The van der Waals surface area contributed by atoms with Crippen LogP contribution >= 0.6 is 0 Å². The fourth-order valence-electron chi connectivity index (χ4n) is 1.31. The van der Waals surface area contributed by atoms with Crippen molar-refractivity contribution in [1.29, 1.82) is 0 Å². The highest BCUT2D eigenvalue weighted by Crippen LogP contribution is 2.19. The molecule has 92 valence electrons. The second-order valence-electron chi connectivity index (χ2n) is 3.64. The van der Waals surface area contributed by atoms with Crippen molar-refractivity contribution in [3.63, 3.8) is 0 Å². The molecule has 0 nitrogen and oxygen atoms in total. The summed E-state index contributed by atoms with van der Waals surface area (Å²) in [5.74, 6) is 0. The summed E-state index contributed by atoms with van der Waals surface area (Å²) in [4.78, 5) is 0. The highest BCUT2D eigenvalue weighted by molar-refractivity contribution is 6.58. The van der Waals surface area contributed by atoms with Crippen LogP contribution < -0.4 is 0 Å². The first kappa shape index (κ1) is 15.1. The van der Waals surface area contributed by atoms with Gasteiger partial charge in [-0.3, -0.25) is 4.39 Å². The standard InChI is InChI=1S/C8H17F5Si2/c9-4-3-8(10)7-14-5-1-2-6-15(11,12)13/h8H,1-7,14H2. The van der Waals surface area contributed by atoms with Crippen molar-refractivity contribution in [3.8, 4) is 0 Å². The van der Waals surface area contributed by atoms with Gasteiger partial charge >= 0.3 is 9.08 Å². The van der Waals surface area contributed by atoms with Gasteiger partial charge in [-0.25, -0.2) is 16.7 Å². The summed E-state index contributed by atoms with van der Waals surface area (Å²) in [5, 5.41) is 0. The van der Waals surface area contributed by atoms with Crippen LogP contribution in [0.25, 0.3) is 0 Å². The summed E-state index contributed by atoms with van der Waals surface area (Å²) in [5.41, 5.74) is 0. The maximum absolute atomic E-state index is 12.7. The van der Waals surface area contributed by atoms with E-state index >= 15 is 0 Å². The van der Waals surface area contributed by atoms with Gasteiger partial charge in [-0.15, -0.1) is 0 Å². The van der Waals surface area contributed by atoms with Crippen LogP contribution in [0.5, 0.6) is 0 Å². The largest absolute Gasteiger partial charge is 0.616 e. The zero-order chi connectivity index (χ0) is 11.7. The van der Waals surface area contributed by atoms with Crippen LogP contribution in [-0.2, 0) is 0 Å². The summed E-state index contributed by atoms with van der Waals surface area (Å²) in [6.07, 6.45) is -0.370. The average molecular weight is 264 g/mol. The van der Waals surface area contributed by atoms with Crippen molar-refractivity contribution in [1.82, 2.24) is 0 Å². The Bertz CT molecular complexity index is 150. The van der Waals surface area contributed by atoms with Crippen molar-refractivity contribution in [2.24, 2.45) is 0 Å². The van der Waals surface area contributed by atoms with E-state index < -0.39 is 37.5 Å². The van der Waals surface area contributed by atoms with Crippen molar-refractivity contribution in [2.75, 3.05) is 6.67 Å². The van der Waals surface area contributed by atoms with Crippen LogP contribution in [0.3, 0.4) is 0 Å². The molecule has 0 saturated heterocycles. The Morgan fingerprint density at radius 3 is 2.33 bits per heavy atom. The number of alkyl halides is 2. The van der Waals surface area contributed by atoms with Gasteiger partial charge in [-0.05, 0) is 12.5 Å². The molecule has 0 aliphatic heterocycles. The molecule has 1 atom stereocenters. The quantitative estimate of drug-likeness (QED) is 0.259. The molecule has 0 bridgehead atoms. The minimum atomic E-state index is -5.36. The fraction of sp³-hybridized carbons (Fsp3) is 1.00. The van der Waals surface area contributed by atoms with E-state index in [4.69, 9.17) is 0 Å². The molecule has 0 aliphatic rings. The Kier molecular flexibility index (Phi) is 8.31. The van der Waals surface area contributed by atoms with E-state index in [0.717, 1.165) is 6.04 Å². The molecule has 0 aliphatic carbocycles. The molecule has 0 N–H and O–H groups in total. The lowest BCUT2D eigenvalue weighted by Crippen LogP contribution is -2.13. The lowest BCUT2D eigenvalue weighted by molar-refractivity contribution is 0.304. The van der Waals surface area contributed by atoms with Crippen molar-refractivity contribution in [2.45, 2.75) is 43.6 Å². The Balaban J connectivity index is 3.18. The molecule has 0 saturated carbocycles. The summed E-state index contributed by atoms with van der Waals surface area (Å²) in [7, 11) is -5.97. The van der Waals surface area contributed by atoms with Crippen molar-refractivity contribution < 1.29 is 21.1 Å². The van der Waals surface area contributed by atoms with Gasteiger partial charge in [0.15, 0.2) is 0 Å². The van der Waals surface area contributed by atoms with Gasteiger partial charge in [0.1, 0.15) is 0 Å². The monoisotopic (exact) mass is 264 g/mol. The first-order valence-corrected chi connectivity index (χ1v) is 9.06. The van der Waals surface area contributed by atoms with Crippen LogP contribution in [0.15, 0.2) is 0 Å². The highest BCUT2D eigenvalue weighted by atomic mass is 28.5. The third-order valence-corrected chi connectivity index (χ3v) is 5.11. The Morgan fingerprint density at radius 2 is 1.80 bits per heavy atom. The van der Waals surface area contributed by atoms with Crippen LogP contribution in [-0.4, -0.2) is 31.4 Å². The predicted octanol–water partition coefficient (Wildman–Crippen LogP) is 3.32. The summed E-state index contributed by atoms with van der Waals surface area (Å²) >= 11 is 0. The minimum absolute atomic E-state index is 0.0531. The zero-order valence-corrected chi connectivity index (χ0v) is 11.0. The molecule has 15 heavy (non-hydrogen) atoms. The van der Waals surface area contributed by atoms with Crippen molar-refractivity contribution >= 4 is 18.6 Å². The lowest BCUT2D eigenvalue weighted by Gasteiger charge is -2.05. The maximum atomic E-state index is 12.7. The number of hydrogen-bond donors (Lipinski definition) is 0. The molecule has 1 unspecified atom stereocenters. The number of halogens is 5. The molecule has 0 spiro atoms. The minimum Gasteiger partial charge on any atom is -0.251 e. The molecule has 0 radical (unpaired) electrons. The molecule has 0 rings (SSSR count). The van der Waals surface area contributed by atoms with Crippen LogP contribution in [0.2, 0.25) is 18.1 Å². The van der Waals surface area contributed by atoms with E-state index in [2.05, 4.69) is 0 Å². The number of unbranched alkanes of at least 4 members (excludes halogenated alkanes) is 1. The fourth-order valence-corrected chi connectivity index (χ4v) is 3.69. The Hall–Kier alpha value is 0.0838. The van der Waals surface area contributed by atoms with Gasteiger partial charge in [-0.2, -0.15) is 0 Å². The smallest absolute Gasteiger partial charge is 0.251 e. The summed E-state index contributed by atoms with van der Waals surface area (Å²) in [6, 6.07) is 0.551. The molecule has 0 amide bonds. The summed E-state index contributed by atoms with van der Waals surface area (Å²) in [6.45, 7) is -0.644. The predicted molar refractivity (Wildman–Crippen MR) is 56.8 cm³/mol. The highest BCUT2D eigenvalue weighted by Gasteiger charge is 2.35. The molecule has 0 aromatic rings. The van der Waals surface area contributed by atoms with Gasteiger partial charge in [0, 0.05) is 22.0 Å². The van der Waals surface area contributed by atoms with E-state index in [0.29, 0.717) is 12.5 Å². The third kappa shape index (κ3) is 12.0. The summed E-state index contributed by atoms with van der Waals surface area (Å²) < 4.78 is 59.9. The topological polar surface area (TPSA) is 0 Å². The number of rotatable bonds is 9. The van der Waals surface area contributed by atoms with E-state index in [-0.39, 0.29) is 12.8 Å². The Labute approximate surface area is 90.6 Å². The second kappa shape index (κ2) is 8.26. The molecule has 0 aromatic heterocycles. The van der Waals surface area contributed by atoms with E-state index in [1.165, 1.54) is 0 Å². The normalized spacial score (nSPS) is 15.0. The van der Waals surface area contributed by atoms with Gasteiger partial charge in [-0.1, -0.05) is 12.5 Å². The Morgan fingerprint density at radius 1 is 1.13 bits per heavy atom. The molecule has 0 fully saturated rings. The van der Waals surface area contributed by atoms with Gasteiger partial charge in [0.2, 0.25) is 0 Å². The second-order valence-corrected chi connectivity index (χ2v) is 7.36. The van der Waals surface area contributed by atoms with E-state index in [1.807, 2.05) is 0 Å². The first-order valence-electron chi connectivity index (χ1n) is 5.22. The van der Waals surface area contributed by atoms with Gasteiger partial charge in [0.25, 0.3) is 0 Å². The van der Waals surface area contributed by atoms with Gasteiger partial charge in [0.05, 0.1) is 12.8 Å². The van der Waals surface area contributed by atoms with Crippen LogP contribution in [0.1, 0.15) is 19.3 Å². The van der Waals surface area contributed by atoms with Gasteiger partial charge < -0.3 is 0 Å². The van der Waals surface area contributed by atoms with E-state index in [1.54, 1.807) is 0 Å². The van der Waals surface area contributed by atoms with Crippen LogP contribution in [0, 0.1) is 0 Å². The van der Waals surface area contributed by atoms with Crippen molar-refractivity contribution in [3.05, 3.63) is 0 Å². The number of hydrogen-bond acceptors (Lipinski definition) is 0. The molecule has 0 aromatic carbocycles. The molecule has 7 heteroatoms. The SMILES string of the molecule is FCCC(F)C[SiH2]CCCC[Si](F)(F)F. The maximum Gasteiger partial charge on any atom is 0.616 e. The molecular formula is C8H17F5Si2. The molecule has 0 heterocycles. The first-order chi connectivity index (χ1) is 6.95. The van der Waals surface area contributed by atoms with E-state index in [9.17, 15) is 21.1 Å². The zero-order valence-electron chi connectivity index (χ0n) is 8.62. The van der Waals surface area contributed by atoms with Crippen LogP contribution in [0.4, 0.5) is 21.1 Å². The average Bonchev–Trinajstić information content (AvgIpc) is 2.09. The lowest BCUT2D eigenvalue weighted by atomic mass is 10.3. The molecular weight excluding hydrogens is 247 g/mol.